The SMILES string of the molecule is CCNC(=NCCOCc1ccccc1OC)NCCc1ncc(C)s1.I. The van der Waals surface area contributed by atoms with Crippen LogP contribution in [0.25, 0.3) is 0 Å². The zero-order valence-electron chi connectivity index (χ0n) is 16.2. The van der Waals surface area contributed by atoms with E-state index in [1.54, 1.807) is 18.4 Å². The lowest BCUT2D eigenvalue weighted by atomic mass is 10.2. The number of aromatic nitrogens is 1. The van der Waals surface area contributed by atoms with E-state index in [0.29, 0.717) is 19.8 Å². The number of aryl methyl sites for hydroxylation is 1. The molecular weight excluding hydrogens is 475 g/mol. The molecule has 0 aliphatic heterocycles. The predicted molar refractivity (Wildman–Crippen MR) is 123 cm³/mol. The maximum Gasteiger partial charge on any atom is 0.191 e. The molecule has 8 heteroatoms. The number of ether oxygens (including phenoxy) is 2. The van der Waals surface area contributed by atoms with Crippen LogP contribution in [0.15, 0.2) is 35.5 Å². The van der Waals surface area contributed by atoms with Crippen molar-refractivity contribution in [1.82, 2.24) is 15.6 Å². The van der Waals surface area contributed by atoms with E-state index in [4.69, 9.17) is 9.47 Å². The van der Waals surface area contributed by atoms with Gasteiger partial charge in [0.25, 0.3) is 0 Å². The highest BCUT2D eigenvalue weighted by atomic mass is 127. The molecule has 0 aliphatic rings. The fourth-order valence-electron chi connectivity index (χ4n) is 2.37. The van der Waals surface area contributed by atoms with E-state index >= 15 is 0 Å². The van der Waals surface area contributed by atoms with Crippen molar-refractivity contribution in [2.24, 2.45) is 4.99 Å². The molecule has 0 atom stereocenters. The van der Waals surface area contributed by atoms with E-state index < -0.39 is 0 Å². The molecule has 27 heavy (non-hydrogen) atoms. The second kappa shape index (κ2) is 13.7. The topological polar surface area (TPSA) is 67.8 Å². The number of aliphatic imine (C=N–C) groups is 1. The van der Waals surface area contributed by atoms with Crippen LogP contribution in [0.1, 0.15) is 22.4 Å². The zero-order chi connectivity index (χ0) is 18.6. The van der Waals surface area contributed by atoms with Gasteiger partial charge in [-0.1, -0.05) is 18.2 Å². The third-order valence-electron chi connectivity index (χ3n) is 3.60. The molecule has 2 rings (SSSR count). The van der Waals surface area contributed by atoms with Gasteiger partial charge in [0.15, 0.2) is 5.96 Å². The fourth-order valence-corrected chi connectivity index (χ4v) is 3.16. The first-order valence-electron chi connectivity index (χ1n) is 8.86. The first kappa shape index (κ1) is 23.6. The number of nitrogens with zero attached hydrogens (tertiary/aromatic N) is 2. The van der Waals surface area contributed by atoms with Crippen molar-refractivity contribution in [3.05, 3.63) is 45.9 Å². The zero-order valence-corrected chi connectivity index (χ0v) is 19.3. The molecule has 0 bridgehead atoms. The average Bonchev–Trinajstić information content (AvgIpc) is 3.07. The normalized spacial score (nSPS) is 11.0. The van der Waals surface area contributed by atoms with Crippen molar-refractivity contribution in [2.45, 2.75) is 26.9 Å². The second-order valence-electron chi connectivity index (χ2n) is 5.67. The molecule has 0 saturated heterocycles. The molecule has 1 heterocycles. The van der Waals surface area contributed by atoms with Gasteiger partial charge in [0.2, 0.25) is 0 Å². The predicted octanol–water partition coefficient (Wildman–Crippen LogP) is 3.39. The maximum atomic E-state index is 5.72. The van der Waals surface area contributed by atoms with E-state index in [-0.39, 0.29) is 24.0 Å². The Morgan fingerprint density at radius 2 is 2.07 bits per heavy atom. The number of guanidine groups is 1. The Labute approximate surface area is 182 Å². The van der Waals surface area contributed by atoms with Gasteiger partial charge in [-0.05, 0) is 19.9 Å². The van der Waals surface area contributed by atoms with Crippen LogP contribution >= 0.6 is 35.3 Å². The lowest BCUT2D eigenvalue weighted by Gasteiger charge is -2.11. The minimum Gasteiger partial charge on any atom is -0.496 e. The van der Waals surface area contributed by atoms with Gasteiger partial charge in [0.1, 0.15) is 5.75 Å². The Hall–Kier alpha value is -1.39. The van der Waals surface area contributed by atoms with Crippen LogP contribution in [0.4, 0.5) is 0 Å². The van der Waals surface area contributed by atoms with E-state index in [2.05, 4.69) is 34.5 Å². The molecular formula is C19H29IN4O2S. The third-order valence-corrected chi connectivity index (χ3v) is 4.57. The van der Waals surface area contributed by atoms with Crippen LogP contribution in [-0.2, 0) is 17.8 Å². The molecule has 2 N–H and O–H groups in total. The Bertz CT molecular complexity index is 694. The van der Waals surface area contributed by atoms with Crippen molar-refractivity contribution >= 4 is 41.3 Å². The Morgan fingerprint density at radius 1 is 1.26 bits per heavy atom. The first-order chi connectivity index (χ1) is 12.7. The summed E-state index contributed by atoms with van der Waals surface area (Å²) in [6.45, 7) is 7.43. The molecule has 0 unspecified atom stereocenters. The summed E-state index contributed by atoms with van der Waals surface area (Å²) in [7, 11) is 1.67. The van der Waals surface area contributed by atoms with E-state index in [0.717, 1.165) is 41.8 Å². The summed E-state index contributed by atoms with van der Waals surface area (Å²) in [6, 6.07) is 7.88. The van der Waals surface area contributed by atoms with Crippen LogP contribution in [0.2, 0.25) is 0 Å². The van der Waals surface area contributed by atoms with E-state index in [9.17, 15) is 0 Å². The van der Waals surface area contributed by atoms with E-state index in [1.807, 2.05) is 30.5 Å². The van der Waals surface area contributed by atoms with Gasteiger partial charge in [0, 0.05) is 36.1 Å². The van der Waals surface area contributed by atoms with Gasteiger partial charge in [-0.25, -0.2) is 4.98 Å². The molecule has 0 radical (unpaired) electrons. The van der Waals surface area contributed by atoms with Crippen molar-refractivity contribution in [3.8, 4) is 5.75 Å². The highest BCUT2D eigenvalue weighted by Crippen LogP contribution is 2.17. The molecule has 0 aliphatic carbocycles. The molecule has 2 aromatic rings. The molecule has 1 aromatic heterocycles. The summed E-state index contributed by atoms with van der Waals surface area (Å²) in [4.78, 5) is 10.2. The quantitative estimate of drug-likeness (QED) is 0.225. The number of hydrogen-bond acceptors (Lipinski definition) is 5. The lowest BCUT2D eigenvalue weighted by Crippen LogP contribution is -2.38. The summed E-state index contributed by atoms with van der Waals surface area (Å²) in [5.41, 5.74) is 1.04. The smallest absolute Gasteiger partial charge is 0.191 e. The van der Waals surface area contributed by atoms with Crippen molar-refractivity contribution in [3.63, 3.8) is 0 Å². The van der Waals surface area contributed by atoms with Gasteiger partial charge in [0.05, 0.1) is 31.9 Å². The second-order valence-corrected chi connectivity index (χ2v) is 6.99. The maximum absolute atomic E-state index is 5.72. The Balaban J connectivity index is 0.00000364. The lowest BCUT2D eigenvalue weighted by molar-refractivity contribution is 0.126. The van der Waals surface area contributed by atoms with Gasteiger partial charge in [-0.2, -0.15) is 0 Å². The molecule has 0 saturated carbocycles. The number of nitrogens with one attached hydrogen (secondary N) is 2. The number of hydrogen-bond donors (Lipinski definition) is 2. The number of thiazole rings is 1. The molecule has 150 valence electrons. The fraction of sp³-hybridized carbons (Fsp3) is 0.474. The van der Waals surface area contributed by atoms with Gasteiger partial charge < -0.3 is 20.1 Å². The van der Waals surface area contributed by atoms with Crippen LogP contribution in [-0.4, -0.2) is 44.3 Å². The highest BCUT2D eigenvalue weighted by molar-refractivity contribution is 14.0. The van der Waals surface area contributed by atoms with Crippen LogP contribution in [0.5, 0.6) is 5.75 Å². The van der Waals surface area contributed by atoms with Gasteiger partial charge >= 0.3 is 0 Å². The number of methoxy groups -OCH3 is 1. The Kier molecular flexibility index (Phi) is 12.0. The molecule has 6 nitrogen and oxygen atoms in total. The minimum atomic E-state index is 0. The molecule has 0 fully saturated rings. The summed E-state index contributed by atoms with van der Waals surface area (Å²) >= 11 is 1.74. The standard InChI is InChI=1S/C19H28N4O2S.HI/c1-4-20-19(21-10-9-18-23-13-15(2)26-18)22-11-12-25-14-16-7-5-6-8-17(16)24-3;/h5-8,13H,4,9-12,14H2,1-3H3,(H2,20,21,22);1H. The Morgan fingerprint density at radius 3 is 2.78 bits per heavy atom. The largest absolute Gasteiger partial charge is 0.496 e. The minimum absolute atomic E-state index is 0. The average molecular weight is 504 g/mol. The van der Waals surface area contributed by atoms with Crippen LogP contribution in [0.3, 0.4) is 0 Å². The monoisotopic (exact) mass is 504 g/mol. The summed E-state index contributed by atoms with van der Waals surface area (Å²) in [5, 5.41) is 7.73. The molecule has 0 spiro atoms. The summed E-state index contributed by atoms with van der Waals surface area (Å²) in [5.74, 6) is 1.66. The first-order valence-corrected chi connectivity index (χ1v) is 9.67. The third kappa shape index (κ3) is 8.89. The summed E-state index contributed by atoms with van der Waals surface area (Å²) < 4.78 is 11.0. The summed E-state index contributed by atoms with van der Waals surface area (Å²) in [6.07, 6.45) is 2.81. The van der Waals surface area contributed by atoms with E-state index in [1.165, 1.54) is 4.88 Å². The number of halogens is 1. The molecule has 0 amide bonds. The van der Waals surface area contributed by atoms with Crippen molar-refractivity contribution in [2.75, 3.05) is 33.4 Å². The number of rotatable bonds is 10. The number of para-hydroxylation sites is 1. The van der Waals surface area contributed by atoms with Gasteiger partial charge in [-0.15, -0.1) is 35.3 Å². The van der Waals surface area contributed by atoms with Crippen molar-refractivity contribution < 1.29 is 9.47 Å². The van der Waals surface area contributed by atoms with Gasteiger partial charge in [-0.3, -0.25) is 4.99 Å². The highest BCUT2D eigenvalue weighted by Gasteiger charge is 2.02. The van der Waals surface area contributed by atoms with Crippen LogP contribution in [0, 0.1) is 6.92 Å². The van der Waals surface area contributed by atoms with Crippen molar-refractivity contribution in [1.29, 1.82) is 0 Å². The molecule has 1 aromatic carbocycles. The van der Waals surface area contributed by atoms with Crippen LogP contribution < -0.4 is 15.4 Å². The number of benzene rings is 1.